The van der Waals surface area contributed by atoms with Gasteiger partial charge in [0.05, 0.1) is 0 Å². The molecule has 1 aromatic rings. The summed E-state index contributed by atoms with van der Waals surface area (Å²) in [5.74, 6) is -0.0719. The van der Waals surface area contributed by atoms with Crippen LogP contribution in [0.3, 0.4) is 0 Å². The van der Waals surface area contributed by atoms with Gasteiger partial charge in [0.15, 0.2) is 0 Å². The van der Waals surface area contributed by atoms with Crippen LogP contribution in [0, 0.1) is 11.8 Å². The molecule has 2 rings (SSSR count). The molecular formula is C13H22N4O3S. The quantitative estimate of drug-likeness (QED) is 0.796. The molecule has 0 bridgehead atoms. The fourth-order valence-electron chi connectivity index (χ4n) is 2.71. The number of aromatic nitrogens is 1. The fourth-order valence-corrected chi connectivity index (χ4v) is 4.29. The summed E-state index contributed by atoms with van der Waals surface area (Å²) < 4.78 is 28.2. The Balaban J connectivity index is 2.30. The molecule has 1 amide bonds. The van der Waals surface area contributed by atoms with Crippen molar-refractivity contribution in [2.24, 2.45) is 30.4 Å². The number of hydrogen-bond donors (Lipinski definition) is 2. The van der Waals surface area contributed by atoms with Crippen molar-refractivity contribution in [3.05, 3.63) is 18.0 Å². The SMILES string of the molecule is CC1CCN(S(=O)(=O)c2cc(C(N)=O)n(C)c2)CC1CN. The van der Waals surface area contributed by atoms with Gasteiger partial charge in [0.25, 0.3) is 5.91 Å². The van der Waals surface area contributed by atoms with E-state index in [0.29, 0.717) is 25.6 Å². The van der Waals surface area contributed by atoms with Crippen molar-refractivity contribution in [1.29, 1.82) is 0 Å². The highest BCUT2D eigenvalue weighted by Gasteiger charge is 2.34. The van der Waals surface area contributed by atoms with Crippen molar-refractivity contribution < 1.29 is 13.2 Å². The number of piperidine rings is 1. The summed E-state index contributed by atoms with van der Waals surface area (Å²) in [5, 5.41) is 0. The standard InChI is InChI=1S/C13H22N4O3S/c1-9-3-4-17(7-10(9)6-14)21(19,20)11-5-12(13(15)18)16(2)8-11/h5,8-10H,3-4,6-7,14H2,1-2H3,(H2,15,18). The highest BCUT2D eigenvalue weighted by atomic mass is 32.2. The van der Waals surface area contributed by atoms with Gasteiger partial charge in [-0.15, -0.1) is 0 Å². The minimum absolute atomic E-state index is 0.101. The summed E-state index contributed by atoms with van der Waals surface area (Å²) in [4.78, 5) is 11.4. The highest BCUT2D eigenvalue weighted by molar-refractivity contribution is 7.89. The predicted molar refractivity (Wildman–Crippen MR) is 79.0 cm³/mol. The van der Waals surface area contributed by atoms with Crippen LogP contribution in [0.1, 0.15) is 23.8 Å². The Kier molecular flexibility index (Phi) is 4.40. The molecule has 0 spiro atoms. The molecule has 118 valence electrons. The Labute approximate surface area is 124 Å². The van der Waals surface area contributed by atoms with E-state index in [-0.39, 0.29) is 16.5 Å². The summed E-state index contributed by atoms with van der Waals surface area (Å²) >= 11 is 0. The van der Waals surface area contributed by atoms with Gasteiger partial charge in [-0.05, 0) is 30.9 Å². The summed E-state index contributed by atoms with van der Waals surface area (Å²) in [5.41, 5.74) is 11.1. The van der Waals surface area contributed by atoms with E-state index in [1.54, 1.807) is 7.05 Å². The third-order valence-corrected chi connectivity index (χ3v) is 6.08. The molecule has 1 aromatic heterocycles. The smallest absolute Gasteiger partial charge is 0.265 e. The van der Waals surface area contributed by atoms with Crippen LogP contribution in [-0.2, 0) is 17.1 Å². The molecule has 1 aliphatic rings. The first-order valence-corrected chi connectivity index (χ1v) is 8.37. The number of rotatable bonds is 4. The first kappa shape index (κ1) is 16.0. The molecule has 0 aromatic carbocycles. The minimum atomic E-state index is -3.61. The molecule has 1 fully saturated rings. The molecule has 2 atom stereocenters. The lowest BCUT2D eigenvalue weighted by Crippen LogP contribution is -2.45. The summed E-state index contributed by atoms with van der Waals surface area (Å²) in [6.45, 7) is 3.45. The van der Waals surface area contributed by atoms with Crippen LogP contribution in [0.4, 0.5) is 0 Å². The second kappa shape index (κ2) is 5.78. The number of nitrogens with two attached hydrogens (primary N) is 2. The van der Waals surface area contributed by atoms with Gasteiger partial charge < -0.3 is 16.0 Å². The van der Waals surface area contributed by atoms with Crippen LogP contribution in [0.2, 0.25) is 0 Å². The van der Waals surface area contributed by atoms with Crippen LogP contribution in [0.15, 0.2) is 17.2 Å². The lowest BCUT2D eigenvalue weighted by atomic mass is 9.88. The van der Waals surface area contributed by atoms with Crippen molar-refractivity contribution in [3.8, 4) is 0 Å². The second-order valence-corrected chi connectivity index (χ2v) is 7.60. The number of amides is 1. The third-order valence-electron chi connectivity index (χ3n) is 4.25. The van der Waals surface area contributed by atoms with E-state index < -0.39 is 15.9 Å². The van der Waals surface area contributed by atoms with Crippen molar-refractivity contribution in [2.45, 2.75) is 18.2 Å². The maximum Gasteiger partial charge on any atom is 0.265 e. The first-order chi connectivity index (χ1) is 9.77. The maximum atomic E-state index is 12.7. The zero-order valence-corrected chi connectivity index (χ0v) is 13.1. The van der Waals surface area contributed by atoms with E-state index in [9.17, 15) is 13.2 Å². The topological polar surface area (TPSA) is 111 Å². The molecule has 7 nitrogen and oxygen atoms in total. The Bertz CT molecular complexity index is 638. The van der Waals surface area contributed by atoms with Crippen LogP contribution < -0.4 is 11.5 Å². The van der Waals surface area contributed by atoms with Gasteiger partial charge in [0, 0.05) is 26.3 Å². The molecule has 8 heteroatoms. The van der Waals surface area contributed by atoms with Crippen LogP contribution >= 0.6 is 0 Å². The first-order valence-electron chi connectivity index (χ1n) is 6.93. The van der Waals surface area contributed by atoms with Crippen molar-refractivity contribution >= 4 is 15.9 Å². The van der Waals surface area contributed by atoms with Gasteiger partial charge in [0.1, 0.15) is 10.6 Å². The Hall–Kier alpha value is -1.38. The van der Waals surface area contributed by atoms with Crippen molar-refractivity contribution in [1.82, 2.24) is 8.87 Å². The molecule has 0 saturated carbocycles. The fraction of sp³-hybridized carbons (Fsp3) is 0.615. The zero-order chi connectivity index (χ0) is 15.8. The van der Waals surface area contributed by atoms with Gasteiger partial charge in [-0.3, -0.25) is 4.79 Å². The number of carbonyl (C=O) groups excluding carboxylic acids is 1. The highest BCUT2D eigenvalue weighted by Crippen LogP contribution is 2.27. The number of aryl methyl sites for hydroxylation is 1. The average Bonchev–Trinajstić information content (AvgIpc) is 2.82. The van der Waals surface area contributed by atoms with E-state index in [1.807, 2.05) is 0 Å². The summed E-state index contributed by atoms with van der Waals surface area (Å²) in [6.07, 6.45) is 2.21. The van der Waals surface area contributed by atoms with E-state index in [1.165, 1.54) is 21.1 Å². The number of nitrogens with zero attached hydrogens (tertiary/aromatic N) is 2. The summed E-state index contributed by atoms with van der Waals surface area (Å²) in [7, 11) is -2.02. The monoisotopic (exact) mass is 314 g/mol. The Morgan fingerprint density at radius 1 is 1.48 bits per heavy atom. The van der Waals surface area contributed by atoms with Gasteiger partial charge in [0.2, 0.25) is 10.0 Å². The second-order valence-electron chi connectivity index (χ2n) is 5.66. The number of hydrogen-bond acceptors (Lipinski definition) is 4. The largest absolute Gasteiger partial charge is 0.364 e. The Morgan fingerprint density at radius 2 is 2.14 bits per heavy atom. The molecular weight excluding hydrogens is 292 g/mol. The molecule has 1 aliphatic heterocycles. The molecule has 2 heterocycles. The molecule has 0 aliphatic carbocycles. The predicted octanol–water partition coefficient (Wildman–Crippen LogP) is -0.271. The van der Waals surface area contributed by atoms with Gasteiger partial charge in [-0.25, -0.2) is 8.42 Å². The van der Waals surface area contributed by atoms with E-state index >= 15 is 0 Å². The molecule has 4 N–H and O–H groups in total. The lowest BCUT2D eigenvalue weighted by molar-refractivity contribution is 0.0992. The van der Waals surface area contributed by atoms with E-state index in [4.69, 9.17) is 11.5 Å². The number of carbonyl (C=O) groups is 1. The normalized spacial score (nSPS) is 24.1. The van der Waals surface area contributed by atoms with Gasteiger partial charge in [-0.1, -0.05) is 6.92 Å². The Morgan fingerprint density at radius 3 is 2.67 bits per heavy atom. The maximum absolute atomic E-state index is 12.7. The van der Waals surface area contributed by atoms with Crippen molar-refractivity contribution in [2.75, 3.05) is 19.6 Å². The zero-order valence-electron chi connectivity index (χ0n) is 12.3. The molecule has 2 unspecified atom stereocenters. The van der Waals surface area contributed by atoms with Gasteiger partial charge in [-0.2, -0.15) is 4.31 Å². The van der Waals surface area contributed by atoms with Gasteiger partial charge >= 0.3 is 0 Å². The van der Waals surface area contributed by atoms with Crippen LogP contribution in [0.5, 0.6) is 0 Å². The molecule has 1 saturated heterocycles. The number of primary amides is 1. The van der Waals surface area contributed by atoms with Crippen LogP contribution in [-0.4, -0.2) is 42.8 Å². The van der Waals surface area contributed by atoms with Crippen LogP contribution in [0.25, 0.3) is 0 Å². The van der Waals surface area contributed by atoms with E-state index in [0.717, 1.165) is 6.42 Å². The minimum Gasteiger partial charge on any atom is -0.364 e. The third kappa shape index (κ3) is 2.97. The molecule has 0 radical (unpaired) electrons. The lowest BCUT2D eigenvalue weighted by Gasteiger charge is -2.35. The van der Waals surface area contributed by atoms with Crippen molar-refractivity contribution in [3.63, 3.8) is 0 Å². The average molecular weight is 314 g/mol. The van der Waals surface area contributed by atoms with E-state index in [2.05, 4.69) is 6.92 Å². The summed E-state index contributed by atoms with van der Waals surface area (Å²) in [6, 6.07) is 1.33. The number of sulfonamides is 1. The molecule has 21 heavy (non-hydrogen) atoms.